The van der Waals surface area contributed by atoms with Crippen molar-refractivity contribution in [2.45, 2.75) is 31.4 Å². The Hall–Kier alpha value is -0.650. The summed E-state index contributed by atoms with van der Waals surface area (Å²) in [5, 5.41) is 2.98. The van der Waals surface area contributed by atoms with E-state index < -0.39 is 0 Å². The van der Waals surface area contributed by atoms with Gasteiger partial charge in [0, 0.05) is 13.2 Å². The van der Waals surface area contributed by atoms with Crippen LogP contribution in [-0.2, 0) is 14.3 Å². The Bertz CT molecular complexity index is 243. The van der Waals surface area contributed by atoms with Crippen molar-refractivity contribution in [3.8, 4) is 0 Å². The summed E-state index contributed by atoms with van der Waals surface area (Å²) in [7, 11) is 0. The van der Waals surface area contributed by atoms with Gasteiger partial charge in [-0.1, -0.05) is 0 Å². The number of nitrogens with two attached hydrogens (primary N) is 1. The normalized spacial score (nSPS) is 29.3. The summed E-state index contributed by atoms with van der Waals surface area (Å²) in [6.07, 6.45) is 3.63. The van der Waals surface area contributed by atoms with Gasteiger partial charge in [-0.3, -0.25) is 4.79 Å². The van der Waals surface area contributed by atoms with Crippen molar-refractivity contribution in [3.63, 3.8) is 0 Å². The van der Waals surface area contributed by atoms with E-state index in [0.29, 0.717) is 19.1 Å². The van der Waals surface area contributed by atoms with Crippen molar-refractivity contribution in [2.24, 2.45) is 11.7 Å². The van der Waals surface area contributed by atoms with E-state index in [9.17, 15) is 4.79 Å². The molecule has 1 heterocycles. The van der Waals surface area contributed by atoms with E-state index in [1.54, 1.807) is 0 Å². The predicted octanol–water partition coefficient (Wildman–Crippen LogP) is -0.355. The van der Waals surface area contributed by atoms with Crippen molar-refractivity contribution in [1.29, 1.82) is 0 Å². The lowest BCUT2D eigenvalue weighted by Gasteiger charge is -2.19. The van der Waals surface area contributed by atoms with Crippen LogP contribution in [0.1, 0.15) is 19.3 Å². The van der Waals surface area contributed by atoms with Gasteiger partial charge in [0.1, 0.15) is 6.61 Å². The predicted molar refractivity (Wildman–Crippen MR) is 58.9 cm³/mol. The fourth-order valence-electron chi connectivity index (χ4n) is 2.15. The summed E-state index contributed by atoms with van der Waals surface area (Å²) in [5.41, 5.74) is 5.27. The largest absolute Gasteiger partial charge is 0.376 e. The van der Waals surface area contributed by atoms with Crippen molar-refractivity contribution in [3.05, 3.63) is 0 Å². The highest BCUT2D eigenvalue weighted by molar-refractivity contribution is 5.77. The maximum Gasteiger partial charge on any atom is 0.246 e. The SMILES string of the molecule is NCCOCC(=O)NC1CCOC1C1CC1. The minimum absolute atomic E-state index is 0.0606. The average Bonchev–Trinajstić information content (AvgIpc) is 3.01. The molecule has 1 aliphatic carbocycles. The van der Waals surface area contributed by atoms with Crippen LogP contribution in [0, 0.1) is 5.92 Å². The van der Waals surface area contributed by atoms with E-state index in [0.717, 1.165) is 13.0 Å². The molecular formula is C11H20N2O3. The first-order valence-corrected chi connectivity index (χ1v) is 6.00. The van der Waals surface area contributed by atoms with Crippen LogP contribution in [0.15, 0.2) is 0 Å². The lowest BCUT2D eigenvalue weighted by Crippen LogP contribution is -2.43. The van der Waals surface area contributed by atoms with E-state index in [1.807, 2.05) is 0 Å². The summed E-state index contributed by atoms with van der Waals surface area (Å²) < 4.78 is 10.7. The minimum Gasteiger partial charge on any atom is -0.376 e. The highest BCUT2D eigenvalue weighted by atomic mass is 16.5. The molecule has 92 valence electrons. The molecule has 1 saturated heterocycles. The highest BCUT2D eigenvalue weighted by Gasteiger charge is 2.41. The Kier molecular flexibility index (Phi) is 4.15. The van der Waals surface area contributed by atoms with Crippen LogP contribution in [0.3, 0.4) is 0 Å². The maximum atomic E-state index is 11.5. The monoisotopic (exact) mass is 228 g/mol. The summed E-state index contributed by atoms with van der Waals surface area (Å²) in [4.78, 5) is 11.5. The average molecular weight is 228 g/mol. The van der Waals surface area contributed by atoms with Gasteiger partial charge in [0.25, 0.3) is 0 Å². The molecule has 5 nitrogen and oxygen atoms in total. The lowest BCUT2D eigenvalue weighted by atomic mass is 10.1. The number of rotatable bonds is 6. The van der Waals surface area contributed by atoms with Gasteiger partial charge in [0.05, 0.1) is 18.8 Å². The second-order valence-electron chi connectivity index (χ2n) is 4.48. The molecule has 1 aliphatic heterocycles. The zero-order valence-electron chi connectivity index (χ0n) is 9.48. The number of carbonyl (C=O) groups excluding carboxylic acids is 1. The van der Waals surface area contributed by atoms with Crippen LogP contribution in [-0.4, -0.2) is 44.4 Å². The fourth-order valence-corrected chi connectivity index (χ4v) is 2.15. The van der Waals surface area contributed by atoms with Crippen LogP contribution in [0.4, 0.5) is 0 Å². The standard InChI is InChI=1S/C11H20N2O3/c12-4-6-15-7-10(14)13-9-3-5-16-11(9)8-1-2-8/h8-9,11H,1-7,12H2,(H,13,14). The molecule has 1 amide bonds. The first kappa shape index (κ1) is 11.8. The third-order valence-corrected chi connectivity index (χ3v) is 3.06. The van der Waals surface area contributed by atoms with Gasteiger partial charge in [-0.15, -0.1) is 0 Å². The molecule has 3 N–H and O–H groups in total. The van der Waals surface area contributed by atoms with Crippen LogP contribution < -0.4 is 11.1 Å². The summed E-state index contributed by atoms with van der Waals surface area (Å²) in [6, 6.07) is 0.182. The van der Waals surface area contributed by atoms with Gasteiger partial charge >= 0.3 is 0 Å². The molecule has 0 aromatic rings. The quantitative estimate of drug-likeness (QED) is 0.609. The molecule has 0 spiro atoms. The molecule has 2 rings (SSSR count). The van der Waals surface area contributed by atoms with Gasteiger partial charge in [-0.25, -0.2) is 0 Å². The lowest BCUT2D eigenvalue weighted by molar-refractivity contribution is -0.126. The van der Waals surface area contributed by atoms with E-state index in [4.69, 9.17) is 15.2 Å². The Morgan fingerprint density at radius 2 is 2.25 bits per heavy atom. The number of amides is 1. The molecule has 2 fully saturated rings. The van der Waals surface area contributed by atoms with E-state index >= 15 is 0 Å². The number of hydrogen-bond acceptors (Lipinski definition) is 4. The first-order chi connectivity index (χ1) is 7.81. The van der Waals surface area contributed by atoms with Crippen molar-refractivity contribution >= 4 is 5.91 Å². The fraction of sp³-hybridized carbons (Fsp3) is 0.909. The number of carbonyl (C=O) groups is 1. The number of hydrogen-bond donors (Lipinski definition) is 2. The summed E-state index contributed by atoms with van der Waals surface area (Å²) in [5.74, 6) is 0.604. The van der Waals surface area contributed by atoms with E-state index in [2.05, 4.69) is 5.32 Å². The molecular weight excluding hydrogens is 208 g/mol. The zero-order valence-corrected chi connectivity index (χ0v) is 9.48. The Labute approximate surface area is 95.7 Å². The number of ether oxygens (including phenoxy) is 2. The van der Waals surface area contributed by atoms with Crippen molar-refractivity contribution in [2.75, 3.05) is 26.4 Å². The molecule has 2 atom stereocenters. The minimum atomic E-state index is -0.0606. The summed E-state index contributed by atoms with van der Waals surface area (Å²) >= 11 is 0. The molecule has 0 aromatic carbocycles. The van der Waals surface area contributed by atoms with Gasteiger partial charge in [-0.2, -0.15) is 0 Å². The molecule has 0 bridgehead atoms. The second kappa shape index (κ2) is 5.61. The second-order valence-corrected chi connectivity index (χ2v) is 4.48. The third kappa shape index (κ3) is 3.17. The van der Waals surface area contributed by atoms with E-state index in [-0.39, 0.29) is 24.7 Å². The Balaban J connectivity index is 1.69. The van der Waals surface area contributed by atoms with Crippen LogP contribution in [0.25, 0.3) is 0 Å². The van der Waals surface area contributed by atoms with Gasteiger partial charge in [-0.05, 0) is 25.2 Å². The van der Waals surface area contributed by atoms with Crippen LogP contribution in [0.2, 0.25) is 0 Å². The Morgan fingerprint density at radius 3 is 2.94 bits per heavy atom. The number of nitrogens with one attached hydrogen (secondary N) is 1. The molecule has 0 radical (unpaired) electrons. The third-order valence-electron chi connectivity index (χ3n) is 3.06. The van der Waals surface area contributed by atoms with Crippen LogP contribution in [0.5, 0.6) is 0 Å². The van der Waals surface area contributed by atoms with Crippen molar-refractivity contribution in [1.82, 2.24) is 5.32 Å². The maximum absolute atomic E-state index is 11.5. The van der Waals surface area contributed by atoms with E-state index in [1.165, 1.54) is 12.8 Å². The summed E-state index contributed by atoms with van der Waals surface area (Å²) in [6.45, 7) is 1.74. The molecule has 1 saturated carbocycles. The molecule has 2 aliphatic rings. The van der Waals surface area contributed by atoms with Gasteiger partial charge in [0.15, 0.2) is 0 Å². The molecule has 16 heavy (non-hydrogen) atoms. The topological polar surface area (TPSA) is 73.6 Å². The molecule has 5 heteroatoms. The van der Waals surface area contributed by atoms with Gasteiger partial charge in [0.2, 0.25) is 5.91 Å². The highest BCUT2D eigenvalue weighted by Crippen LogP contribution is 2.38. The van der Waals surface area contributed by atoms with Gasteiger partial charge < -0.3 is 20.5 Å². The van der Waals surface area contributed by atoms with Crippen molar-refractivity contribution < 1.29 is 14.3 Å². The molecule has 2 unspecified atom stereocenters. The molecule has 0 aromatic heterocycles. The Morgan fingerprint density at radius 1 is 1.44 bits per heavy atom. The van der Waals surface area contributed by atoms with Crippen LogP contribution >= 0.6 is 0 Å². The zero-order chi connectivity index (χ0) is 11.4. The smallest absolute Gasteiger partial charge is 0.246 e. The first-order valence-electron chi connectivity index (χ1n) is 6.00.